The maximum absolute atomic E-state index is 12.2. The number of ether oxygens (including phenoxy) is 3. The van der Waals surface area contributed by atoms with Gasteiger partial charge in [0.15, 0.2) is 0 Å². The van der Waals surface area contributed by atoms with Gasteiger partial charge in [-0.15, -0.1) is 0 Å². The molecule has 0 saturated heterocycles. The highest BCUT2D eigenvalue weighted by molar-refractivity contribution is 6.31. The summed E-state index contributed by atoms with van der Waals surface area (Å²) in [5.41, 5.74) is 0.0729. The lowest BCUT2D eigenvalue weighted by Crippen LogP contribution is -2.14. The molecule has 120 valence electrons. The first-order valence-electron chi connectivity index (χ1n) is 6.40. The van der Waals surface area contributed by atoms with Crippen LogP contribution in [0.4, 0.5) is 0 Å². The smallest absolute Gasteiger partial charge is 0.349 e. The van der Waals surface area contributed by atoms with E-state index in [2.05, 4.69) is 0 Å². The van der Waals surface area contributed by atoms with Crippen molar-refractivity contribution in [2.24, 2.45) is 0 Å². The van der Waals surface area contributed by atoms with E-state index in [1.165, 1.54) is 38.5 Å². The molecule has 0 fully saturated rings. The first kappa shape index (κ1) is 17.1. The topological polar surface area (TPSA) is 61.8 Å². The minimum absolute atomic E-state index is 0.0364. The van der Waals surface area contributed by atoms with Crippen LogP contribution in [0.2, 0.25) is 10.0 Å². The van der Waals surface area contributed by atoms with Gasteiger partial charge in [0.05, 0.1) is 14.2 Å². The lowest BCUT2D eigenvalue weighted by atomic mass is 10.2. The summed E-state index contributed by atoms with van der Waals surface area (Å²) < 4.78 is 15.0. The summed E-state index contributed by atoms with van der Waals surface area (Å²) >= 11 is 11.7. The van der Waals surface area contributed by atoms with Gasteiger partial charge in [-0.3, -0.25) is 0 Å². The number of rotatable bonds is 4. The van der Waals surface area contributed by atoms with E-state index in [9.17, 15) is 9.59 Å². The quantitative estimate of drug-likeness (QED) is 0.613. The Morgan fingerprint density at radius 1 is 0.783 bits per heavy atom. The second-order valence-corrected chi connectivity index (χ2v) is 5.24. The molecular formula is C16H12Cl2O5. The van der Waals surface area contributed by atoms with Gasteiger partial charge in [0.2, 0.25) is 0 Å². The van der Waals surface area contributed by atoms with Crippen molar-refractivity contribution in [1.82, 2.24) is 0 Å². The van der Waals surface area contributed by atoms with E-state index in [1.54, 1.807) is 12.1 Å². The van der Waals surface area contributed by atoms with Gasteiger partial charge >= 0.3 is 11.9 Å². The van der Waals surface area contributed by atoms with Gasteiger partial charge in [0.1, 0.15) is 22.6 Å². The fourth-order valence-electron chi connectivity index (χ4n) is 1.87. The van der Waals surface area contributed by atoms with Crippen molar-refractivity contribution >= 4 is 35.1 Å². The average molecular weight is 355 g/mol. The molecule has 0 heterocycles. The van der Waals surface area contributed by atoms with Gasteiger partial charge in [0, 0.05) is 10.0 Å². The van der Waals surface area contributed by atoms with E-state index >= 15 is 0 Å². The first-order valence-corrected chi connectivity index (χ1v) is 7.15. The predicted molar refractivity (Wildman–Crippen MR) is 85.8 cm³/mol. The lowest BCUT2D eigenvalue weighted by Gasteiger charge is -2.10. The number of carbonyl (C=O) groups is 2. The van der Waals surface area contributed by atoms with Crippen molar-refractivity contribution in [2.75, 3.05) is 14.2 Å². The van der Waals surface area contributed by atoms with E-state index < -0.39 is 11.9 Å². The molecule has 0 amide bonds. The van der Waals surface area contributed by atoms with Crippen LogP contribution in [-0.4, -0.2) is 26.2 Å². The first-order chi connectivity index (χ1) is 11.0. The zero-order valence-corrected chi connectivity index (χ0v) is 13.8. The summed E-state index contributed by atoms with van der Waals surface area (Å²) in [4.78, 5) is 24.4. The zero-order valence-electron chi connectivity index (χ0n) is 12.3. The highest BCUT2D eigenvalue weighted by Gasteiger charge is 2.22. The molecular weight excluding hydrogens is 343 g/mol. The maximum Gasteiger partial charge on any atom is 0.349 e. The molecule has 23 heavy (non-hydrogen) atoms. The summed E-state index contributed by atoms with van der Waals surface area (Å²) in [7, 11) is 2.78. The van der Waals surface area contributed by atoms with Crippen LogP contribution >= 0.6 is 23.2 Å². The zero-order chi connectivity index (χ0) is 17.0. The molecule has 2 aromatic rings. The standard InChI is InChI=1S/C16H12Cl2O5/c1-21-13-5-3-9(17)7-11(13)15(19)23-16(20)12-8-10(18)4-6-14(12)22-2/h3-8H,1-2H3. The SMILES string of the molecule is COc1ccc(Cl)cc1C(=O)OC(=O)c1cc(Cl)ccc1OC. The van der Waals surface area contributed by atoms with E-state index in [4.69, 9.17) is 37.4 Å². The van der Waals surface area contributed by atoms with Gasteiger partial charge < -0.3 is 14.2 Å². The maximum atomic E-state index is 12.2. The van der Waals surface area contributed by atoms with Crippen LogP contribution in [0.5, 0.6) is 11.5 Å². The number of esters is 2. The van der Waals surface area contributed by atoms with Gasteiger partial charge in [-0.1, -0.05) is 23.2 Å². The molecule has 0 unspecified atom stereocenters. The summed E-state index contributed by atoms with van der Waals surface area (Å²) in [6.45, 7) is 0. The third-order valence-electron chi connectivity index (χ3n) is 2.95. The highest BCUT2D eigenvalue weighted by Crippen LogP contribution is 2.26. The minimum atomic E-state index is -0.892. The van der Waals surface area contributed by atoms with E-state index in [0.29, 0.717) is 10.0 Å². The van der Waals surface area contributed by atoms with Crippen LogP contribution < -0.4 is 9.47 Å². The van der Waals surface area contributed by atoms with Crippen LogP contribution in [0.25, 0.3) is 0 Å². The van der Waals surface area contributed by atoms with Crippen LogP contribution in [0.15, 0.2) is 36.4 Å². The molecule has 0 N–H and O–H groups in total. The molecule has 0 aliphatic carbocycles. The van der Waals surface area contributed by atoms with Gasteiger partial charge in [-0.25, -0.2) is 9.59 Å². The highest BCUT2D eigenvalue weighted by atomic mass is 35.5. The number of methoxy groups -OCH3 is 2. The largest absolute Gasteiger partial charge is 0.496 e. The Labute approximate surface area is 142 Å². The monoisotopic (exact) mass is 354 g/mol. The third kappa shape index (κ3) is 3.94. The summed E-state index contributed by atoms with van der Waals surface area (Å²) in [6, 6.07) is 8.82. The summed E-state index contributed by atoms with van der Waals surface area (Å²) in [6.07, 6.45) is 0. The molecule has 5 nitrogen and oxygen atoms in total. The average Bonchev–Trinajstić information content (AvgIpc) is 2.54. The number of benzene rings is 2. The van der Waals surface area contributed by atoms with Crippen LogP contribution in [-0.2, 0) is 4.74 Å². The molecule has 2 aromatic carbocycles. The molecule has 0 aliphatic rings. The summed E-state index contributed by atoms with van der Waals surface area (Å²) in [5.74, 6) is -1.30. The Hall–Kier alpha value is -2.24. The Balaban J connectivity index is 2.29. The van der Waals surface area contributed by atoms with E-state index in [0.717, 1.165) is 0 Å². The van der Waals surface area contributed by atoms with Gasteiger partial charge in [-0.05, 0) is 36.4 Å². The Morgan fingerprint density at radius 3 is 1.52 bits per heavy atom. The van der Waals surface area contributed by atoms with Crippen molar-refractivity contribution in [3.8, 4) is 11.5 Å². The molecule has 0 saturated carbocycles. The van der Waals surface area contributed by atoms with Crippen molar-refractivity contribution in [3.05, 3.63) is 57.6 Å². The molecule has 0 atom stereocenters. The van der Waals surface area contributed by atoms with E-state index in [-0.39, 0.29) is 22.6 Å². The number of hydrogen-bond acceptors (Lipinski definition) is 5. The van der Waals surface area contributed by atoms with Gasteiger partial charge in [-0.2, -0.15) is 0 Å². The number of hydrogen-bond donors (Lipinski definition) is 0. The number of carbonyl (C=O) groups excluding carboxylic acids is 2. The molecule has 0 aliphatic heterocycles. The normalized spacial score (nSPS) is 10.1. The predicted octanol–water partition coefficient (Wildman–Crippen LogP) is 4.01. The Bertz CT molecular complexity index is 695. The van der Waals surface area contributed by atoms with Crippen molar-refractivity contribution in [2.45, 2.75) is 0 Å². The van der Waals surface area contributed by atoms with Crippen LogP contribution in [0.3, 0.4) is 0 Å². The second kappa shape index (κ2) is 7.35. The van der Waals surface area contributed by atoms with Crippen LogP contribution in [0.1, 0.15) is 20.7 Å². The fourth-order valence-corrected chi connectivity index (χ4v) is 2.22. The summed E-state index contributed by atoms with van der Waals surface area (Å²) in [5, 5.41) is 0.621. The molecule has 0 aromatic heterocycles. The van der Waals surface area contributed by atoms with E-state index in [1.807, 2.05) is 0 Å². The second-order valence-electron chi connectivity index (χ2n) is 4.37. The molecule has 7 heteroatoms. The van der Waals surface area contributed by atoms with Crippen molar-refractivity contribution in [3.63, 3.8) is 0 Å². The fraction of sp³-hybridized carbons (Fsp3) is 0.125. The van der Waals surface area contributed by atoms with Crippen molar-refractivity contribution in [1.29, 1.82) is 0 Å². The molecule has 0 bridgehead atoms. The molecule has 2 rings (SSSR count). The third-order valence-corrected chi connectivity index (χ3v) is 3.42. The van der Waals surface area contributed by atoms with Gasteiger partial charge in [0.25, 0.3) is 0 Å². The Kier molecular flexibility index (Phi) is 5.47. The molecule has 0 radical (unpaired) electrons. The minimum Gasteiger partial charge on any atom is -0.496 e. The lowest BCUT2D eigenvalue weighted by molar-refractivity contribution is 0.0394. The Morgan fingerprint density at radius 2 is 1.17 bits per heavy atom. The van der Waals surface area contributed by atoms with Crippen LogP contribution in [0, 0.1) is 0 Å². The van der Waals surface area contributed by atoms with Crippen molar-refractivity contribution < 1.29 is 23.8 Å². The molecule has 0 spiro atoms. The number of halogens is 2.